The van der Waals surface area contributed by atoms with Gasteiger partial charge in [-0.1, -0.05) is 55.4 Å². The van der Waals surface area contributed by atoms with Crippen LogP contribution in [0.3, 0.4) is 0 Å². The minimum atomic E-state index is 0.0251. The fourth-order valence-corrected chi connectivity index (χ4v) is 3.82. The van der Waals surface area contributed by atoms with E-state index in [0.29, 0.717) is 12.3 Å². The molecule has 0 atom stereocenters. The second-order valence-corrected chi connectivity index (χ2v) is 7.86. The summed E-state index contributed by atoms with van der Waals surface area (Å²) in [5.74, 6) is 1.95. The van der Waals surface area contributed by atoms with Gasteiger partial charge >= 0.3 is 0 Å². The standard InChI is InChI=1S/C23H28N4O2S/c1-3-4-15-24-21(28)17-30-23-26-25-22(19-10-12-20(29-2)13-11-19)27(23)16-14-18-8-6-5-7-9-18/h5-13H,3-4,14-17H2,1-2H3,(H,24,28). The SMILES string of the molecule is CCCCNC(=O)CSc1nnc(-c2ccc(OC)cc2)n1CCc1ccccc1. The fourth-order valence-electron chi connectivity index (χ4n) is 3.02. The third-order valence-corrected chi connectivity index (χ3v) is 5.68. The molecule has 0 saturated carbocycles. The smallest absolute Gasteiger partial charge is 0.230 e. The van der Waals surface area contributed by atoms with E-state index in [-0.39, 0.29) is 5.91 Å². The summed E-state index contributed by atoms with van der Waals surface area (Å²) in [4.78, 5) is 12.1. The molecule has 0 fully saturated rings. The number of nitrogens with zero attached hydrogens (tertiary/aromatic N) is 3. The van der Waals surface area contributed by atoms with Gasteiger partial charge in [0.2, 0.25) is 5.91 Å². The molecule has 1 heterocycles. The molecule has 6 nitrogen and oxygen atoms in total. The fraction of sp³-hybridized carbons (Fsp3) is 0.348. The zero-order valence-electron chi connectivity index (χ0n) is 17.5. The lowest BCUT2D eigenvalue weighted by Crippen LogP contribution is -2.26. The quantitative estimate of drug-likeness (QED) is 0.369. The second kappa shape index (κ2) is 11.4. The summed E-state index contributed by atoms with van der Waals surface area (Å²) in [7, 11) is 1.65. The van der Waals surface area contributed by atoms with Gasteiger partial charge in [0.1, 0.15) is 5.75 Å². The summed E-state index contributed by atoms with van der Waals surface area (Å²) in [6.45, 7) is 3.56. The number of carbonyl (C=O) groups excluding carboxylic acids is 1. The maximum Gasteiger partial charge on any atom is 0.230 e. The van der Waals surface area contributed by atoms with Crippen LogP contribution in [0.25, 0.3) is 11.4 Å². The van der Waals surface area contributed by atoms with Gasteiger partial charge < -0.3 is 14.6 Å². The average molecular weight is 425 g/mol. The van der Waals surface area contributed by atoms with Gasteiger partial charge in [-0.05, 0) is 42.7 Å². The number of thioether (sulfide) groups is 1. The van der Waals surface area contributed by atoms with E-state index in [2.05, 4.69) is 39.1 Å². The Morgan fingerprint density at radius 3 is 2.57 bits per heavy atom. The molecule has 0 aliphatic carbocycles. The number of hydrogen-bond acceptors (Lipinski definition) is 5. The van der Waals surface area contributed by atoms with Crippen LogP contribution in [0.5, 0.6) is 5.75 Å². The number of amides is 1. The van der Waals surface area contributed by atoms with Crippen LogP contribution in [0.2, 0.25) is 0 Å². The Hall–Kier alpha value is -2.80. The molecule has 2 aromatic carbocycles. The highest BCUT2D eigenvalue weighted by atomic mass is 32.2. The second-order valence-electron chi connectivity index (χ2n) is 6.91. The molecule has 1 N–H and O–H groups in total. The van der Waals surface area contributed by atoms with Crippen LogP contribution in [0, 0.1) is 0 Å². The van der Waals surface area contributed by atoms with E-state index < -0.39 is 0 Å². The summed E-state index contributed by atoms with van der Waals surface area (Å²) < 4.78 is 7.36. The zero-order chi connectivity index (χ0) is 21.2. The number of carbonyl (C=O) groups is 1. The predicted molar refractivity (Wildman–Crippen MR) is 121 cm³/mol. The first-order chi connectivity index (χ1) is 14.7. The molecule has 0 aliphatic heterocycles. The van der Waals surface area contributed by atoms with Gasteiger partial charge in [-0.3, -0.25) is 4.79 Å². The average Bonchev–Trinajstić information content (AvgIpc) is 3.20. The third-order valence-electron chi connectivity index (χ3n) is 4.72. The lowest BCUT2D eigenvalue weighted by atomic mass is 10.1. The van der Waals surface area contributed by atoms with E-state index in [1.165, 1.54) is 17.3 Å². The largest absolute Gasteiger partial charge is 0.497 e. The third kappa shape index (κ3) is 6.10. The van der Waals surface area contributed by atoms with Crippen molar-refractivity contribution in [2.75, 3.05) is 19.4 Å². The number of unbranched alkanes of at least 4 members (excludes halogenated alkanes) is 1. The van der Waals surface area contributed by atoms with Crippen LogP contribution in [0.4, 0.5) is 0 Å². The van der Waals surface area contributed by atoms with Crippen LogP contribution in [-0.2, 0) is 17.8 Å². The Kier molecular flexibility index (Phi) is 8.32. The topological polar surface area (TPSA) is 69.0 Å². The van der Waals surface area contributed by atoms with Crippen LogP contribution in [0.15, 0.2) is 59.8 Å². The number of ether oxygens (including phenoxy) is 1. The van der Waals surface area contributed by atoms with Crippen molar-refractivity contribution < 1.29 is 9.53 Å². The van der Waals surface area contributed by atoms with Crippen molar-refractivity contribution in [3.63, 3.8) is 0 Å². The molecule has 7 heteroatoms. The molecule has 3 rings (SSSR count). The number of methoxy groups -OCH3 is 1. The van der Waals surface area contributed by atoms with Gasteiger partial charge in [0, 0.05) is 18.7 Å². The molecular formula is C23H28N4O2S. The van der Waals surface area contributed by atoms with Crippen LogP contribution < -0.4 is 10.1 Å². The van der Waals surface area contributed by atoms with Gasteiger partial charge in [-0.25, -0.2) is 0 Å². The van der Waals surface area contributed by atoms with E-state index in [1.807, 2.05) is 42.5 Å². The van der Waals surface area contributed by atoms with Gasteiger partial charge in [0.25, 0.3) is 0 Å². The molecule has 3 aromatic rings. The summed E-state index contributed by atoms with van der Waals surface area (Å²) >= 11 is 1.42. The Morgan fingerprint density at radius 2 is 1.87 bits per heavy atom. The molecule has 0 spiro atoms. The number of hydrogen-bond donors (Lipinski definition) is 1. The van der Waals surface area contributed by atoms with Crippen LogP contribution >= 0.6 is 11.8 Å². The molecule has 1 amide bonds. The molecule has 0 radical (unpaired) electrons. The molecule has 158 valence electrons. The lowest BCUT2D eigenvalue weighted by Gasteiger charge is -2.11. The zero-order valence-corrected chi connectivity index (χ0v) is 18.3. The van der Waals surface area contributed by atoms with Gasteiger partial charge in [0.05, 0.1) is 12.9 Å². The minimum absolute atomic E-state index is 0.0251. The Labute approximate surface area is 182 Å². The number of rotatable bonds is 11. The minimum Gasteiger partial charge on any atom is -0.497 e. The number of aromatic nitrogens is 3. The molecular weight excluding hydrogens is 396 g/mol. The highest BCUT2D eigenvalue weighted by Gasteiger charge is 2.16. The maximum atomic E-state index is 12.1. The molecule has 0 unspecified atom stereocenters. The van der Waals surface area contributed by atoms with Crippen molar-refractivity contribution in [2.24, 2.45) is 0 Å². The van der Waals surface area contributed by atoms with Crippen molar-refractivity contribution in [2.45, 2.75) is 37.9 Å². The van der Waals surface area contributed by atoms with Crippen molar-refractivity contribution >= 4 is 17.7 Å². The van der Waals surface area contributed by atoms with Crippen molar-refractivity contribution in [3.05, 3.63) is 60.2 Å². The molecule has 0 aliphatic rings. The van der Waals surface area contributed by atoms with Crippen molar-refractivity contribution in [1.29, 1.82) is 0 Å². The van der Waals surface area contributed by atoms with Gasteiger partial charge in [0.15, 0.2) is 11.0 Å². The van der Waals surface area contributed by atoms with Crippen LogP contribution in [-0.4, -0.2) is 40.1 Å². The molecule has 0 bridgehead atoms. The summed E-state index contributed by atoms with van der Waals surface area (Å²) in [6, 6.07) is 18.1. The van der Waals surface area contributed by atoms with E-state index in [0.717, 1.165) is 48.1 Å². The molecule has 0 saturated heterocycles. The summed E-state index contributed by atoms with van der Waals surface area (Å²) in [5.41, 5.74) is 2.22. The number of aryl methyl sites for hydroxylation is 1. The van der Waals surface area contributed by atoms with E-state index in [1.54, 1.807) is 7.11 Å². The lowest BCUT2D eigenvalue weighted by molar-refractivity contribution is -0.118. The highest BCUT2D eigenvalue weighted by Crippen LogP contribution is 2.26. The van der Waals surface area contributed by atoms with Crippen molar-refractivity contribution in [1.82, 2.24) is 20.1 Å². The van der Waals surface area contributed by atoms with Crippen LogP contribution in [0.1, 0.15) is 25.3 Å². The van der Waals surface area contributed by atoms with E-state index in [4.69, 9.17) is 4.74 Å². The number of benzene rings is 2. The van der Waals surface area contributed by atoms with Gasteiger partial charge in [-0.15, -0.1) is 10.2 Å². The Balaban J connectivity index is 1.76. The van der Waals surface area contributed by atoms with Crippen molar-refractivity contribution in [3.8, 4) is 17.1 Å². The van der Waals surface area contributed by atoms with E-state index in [9.17, 15) is 4.79 Å². The summed E-state index contributed by atoms with van der Waals surface area (Å²) in [6.07, 6.45) is 2.91. The monoisotopic (exact) mass is 424 g/mol. The first-order valence-corrected chi connectivity index (χ1v) is 11.2. The molecule has 30 heavy (non-hydrogen) atoms. The first kappa shape index (κ1) is 21.9. The summed E-state index contributed by atoms with van der Waals surface area (Å²) in [5, 5.41) is 12.5. The normalized spacial score (nSPS) is 10.7. The molecule has 1 aromatic heterocycles. The van der Waals surface area contributed by atoms with Gasteiger partial charge in [-0.2, -0.15) is 0 Å². The first-order valence-electron chi connectivity index (χ1n) is 10.2. The Bertz CT molecular complexity index is 926. The van der Waals surface area contributed by atoms with E-state index >= 15 is 0 Å². The predicted octanol–water partition coefficient (Wildman–Crippen LogP) is 4.20. The maximum absolute atomic E-state index is 12.1. The highest BCUT2D eigenvalue weighted by molar-refractivity contribution is 7.99. The number of nitrogens with one attached hydrogen (secondary N) is 1. The Morgan fingerprint density at radius 1 is 1.10 bits per heavy atom.